The molecular formula is C24H35N5O2. The Labute approximate surface area is 185 Å². The second-order valence-electron chi connectivity index (χ2n) is 8.38. The van der Waals surface area contributed by atoms with Gasteiger partial charge >= 0.3 is 0 Å². The van der Waals surface area contributed by atoms with E-state index in [1.807, 2.05) is 25.2 Å². The molecular weight excluding hydrogens is 390 g/mol. The zero-order valence-corrected chi connectivity index (χ0v) is 18.7. The molecule has 1 aromatic heterocycles. The maximum atomic E-state index is 5.73. The molecule has 0 spiro atoms. The van der Waals surface area contributed by atoms with Crippen LogP contribution in [-0.4, -0.2) is 64.3 Å². The number of nitrogens with one attached hydrogen (secondary N) is 2. The zero-order valence-electron chi connectivity index (χ0n) is 18.7. The first-order chi connectivity index (χ1) is 15.3. The van der Waals surface area contributed by atoms with Crippen molar-refractivity contribution in [1.82, 2.24) is 15.5 Å². The normalized spacial score (nSPS) is 20.8. The van der Waals surface area contributed by atoms with Gasteiger partial charge in [-0.05, 0) is 62.5 Å². The van der Waals surface area contributed by atoms with Crippen LogP contribution in [0.1, 0.15) is 31.1 Å². The molecule has 2 atom stereocenters. The number of likely N-dealkylation sites (tertiary alicyclic amines) is 1. The molecule has 0 bridgehead atoms. The minimum atomic E-state index is 0.239. The molecule has 0 aliphatic carbocycles. The topological polar surface area (TPSA) is 65.3 Å². The third kappa shape index (κ3) is 5.34. The molecule has 4 rings (SSSR count). The highest BCUT2D eigenvalue weighted by Crippen LogP contribution is 2.31. The summed E-state index contributed by atoms with van der Waals surface area (Å²) >= 11 is 0. The number of furan rings is 1. The molecule has 2 aromatic rings. The van der Waals surface area contributed by atoms with Gasteiger partial charge in [0.15, 0.2) is 5.96 Å². The van der Waals surface area contributed by atoms with E-state index >= 15 is 0 Å². The molecule has 7 nitrogen and oxygen atoms in total. The van der Waals surface area contributed by atoms with E-state index in [0.717, 1.165) is 63.2 Å². The first kappa shape index (κ1) is 21.6. The van der Waals surface area contributed by atoms with Gasteiger partial charge in [0.05, 0.1) is 25.1 Å². The van der Waals surface area contributed by atoms with Crippen molar-refractivity contribution in [2.45, 2.75) is 25.3 Å². The Morgan fingerprint density at radius 3 is 2.74 bits per heavy atom. The number of ether oxygens (including phenoxy) is 1. The number of aliphatic imine (C=N–C) groups is 1. The Morgan fingerprint density at radius 2 is 2.00 bits per heavy atom. The van der Waals surface area contributed by atoms with Gasteiger partial charge in [-0.2, -0.15) is 0 Å². The van der Waals surface area contributed by atoms with Crippen LogP contribution < -0.4 is 20.3 Å². The van der Waals surface area contributed by atoms with Gasteiger partial charge < -0.3 is 24.7 Å². The summed E-state index contributed by atoms with van der Waals surface area (Å²) < 4.78 is 11.3. The maximum absolute atomic E-state index is 5.73. The molecule has 1 aromatic carbocycles. The van der Waals surface area contributed by atoms with Crippen molar-refractivity contribution >= 4 is 11.6 Å². The summed E-state index contributed by atoms with van der Waals surface area (Å²) in [6.07, 6.45) is 5.44. The average molecular weight is 426 g/mol. The fourth-order valence-corrected chi connectivity index (χ4v) is 4.71. The summed E-state index contributed by atoms with van der Waals surface area (Å²) in [6, 6.07) is 12.6. The van der Waals surface area contributed by atoms with Crippen LogP contribution in [0.25, 0.3) is 0 Å². The van der Waals surface area contributed by atoms with E-state index in [2.05, 4.69) is 43.6 Å². The predicted octanol–water partition coefficient (Wildman–Crippen LogP) is 3.12. The van der Waals surface area contributed by atoms with Gasteiger partial charge in [0.25, 0.3) is 0 Å². The fourth-order valence-electron chi connectivity index (χ4n) is 4.71. The van der Waals surface area contributed by atoms with Gasteiger partial charge in [-0.15, -0.1) is 0 Å². The molecule has 0 radical (unpaired) electrons. The first-order valence-corrected chi connectivity index (χ1v) is 11.4. The molecule has 2 fully saturated rings. The lowest BCUT2D eigenvalue weighted by atomic mass is 10.1. The summed E-state index contributed by atoms with van der Waals surface area (Å²) in [6.45, 7) is 6.01. The first-order valence-electron chi connectivity index (χ1n) is 11.4. The van der Waals surface area contributed by atoms with E-state index < -0.39 is 0 Å². The van der Waals surface area contributed by atoms with E-state index in [1.54, 1.807) is 13.4 Å². The number of nitrogens with zero attached hydrogens (tertiary/aromatic N) is 3. The molecule has 2 saturated heterocycles. The maximum Gasteiger partial charge on any atom is 0.191 e. The van der Waals surface area contributed by atoms with Crippen LogP contribution in [0.5, 0.6) is 5.75 Å². The highest BCUT2D eigenvalue weighted by atomic mass is 16.5. The summed E-state index contributed by atoms with van der Waals surface area (Å²) in [5.41, 5.74) is 1.18. The monoisotopic (exact) mass is 425 g/mol. The molecule has 168 valence electrons. The summed E-state index contributed by atoms with van der Waals surface area (Å²) in [4.78, 5) is 9.36. The Hall–Kier alpha value is -2.67. The van der Waals surface area contributed by atoms with Gasteiger partial charge in [-0.3, -0.25) is 9.89 Å². The van der Waals surface area contributed by atoms with Crippen LogP contribution in [0.4, 0.5) is 5.69 Å². The number of guanidine groups is 1. The van der Waals surface area contributed by atoms with Crippen molar-refractivity contribution in [2.24, 2.45) is 10.9 Å². The van der Waals surface area contributed by atoms with Crippen LogP contribution in [0.15, 0.2) is 52.1 Å². The Balaban J connectivity index is 1.28. The molecule has 0 amide bonds. The van der Waals surface area contributed by atoms with Crippen molar-refractivity contribution in [1.29, 1.82) is 0 Å². The number of rotatable bonds is 8. The summed E-state index contributed by atoms with van der Waals surface area (Å²) in [7, 11) is 3.57. The van der Waals surface area contributed by atoms with Gasteiger partial charge in [0, 0.05) is 33.2 Å². The van der Waals surface area contributed by atoms with Crippen LogP contribution in [0.2, 0.25) is 0 Å². The van der Waals surface area contributed by atoms with Crippen LogP contribution in [-0.2, 0) is 0 Å². The molecule has 0 saturated carbocycles. The third-order valence-corrected chi connectivity index (χ3v) is 6.41. The van der Waals surface area contributed by atoms with Gasteiger partial charge in [0.2, 0.25) is 0 Å². The van der Waals surface area contributed by atoms with Crippen molar-refractivity contribution in [3.63, 3.8) is 0 Å². The molecule has 2 unspecified atom stereocenters. The molecule has 7 heteroatoms. The average Bonchev–Trinajstić information content (AvgIpc) is 3.59. The Bertz CT molecular complexity index is 832. The molecule has 2 aliphatic heterocycles. The second-order valence-corrected chi connectivity index (χ2v) is 8.38. The van der Waals surface area contributed by atoms with Crippen molar-refractivity contribution in [3.8, 4) is 5.75 Å². The van der Waals surface area contributed by atoms with Gasteiger partial charge in [-0.1, -0.05) is 12.1 Å². The minimum absolute atomic E-state index is 0.239. The number of hydrogen-bond acceptors (Lipinski definition) is 5. The quantitative estimate of drug-likeness (QED) is 0.501. The molecule has 3 heterocycles. The fraction of sp³-hybridized carbons (Fsp3) is 0.542. The number of benzene rings is 1. The number of para-hydroxylation sites is 2. The van der Waals surface area contributed by atoms with Crippen LogP contribution in [0, 0.1) is 5.92 Å². The van der Waals surface area contributed by atoms with Crippen molar-refractivity contribution in [2.75, 3.05) is 58.3 Å². The molecule has 2 aliphatic rings. The van der Waals surface area contributed by atoms with Crippen molar-refractivity contribution < 1.29 is 9.15 Å². The largest absolute Gasteiger partial charge is 0.495 e. The highest BCUT2D eigenvalue weighted by Gasteiger charge is 2.27. The number of methoxy groups -OCH3 is 1. The molecule has 2 N–H and O–H groups in total. The molecule has 31 heavy (non-hydrogen) atoms. The van der Waals surface area contributed by atoms with E-state index in [1.165, 1.54) is 18.5 Å². The lowest BCUT2D eigenvalue weighted by molar-refractivity contribution is 0.215. The van der Waals surface area contributed by atoms with Gasteiger partial charge in [0.1, 0.15) is 11.5 Å². The highest BCUT2D eigenvalue weighted by molar-refractivity contribution is 5.79. The zero-order chi connectivity index (χ0) is 21.5. The predicted molar refractivity (Wildman–Crippen MR) is 125 cm³/mol. The SMILES string of the molecule is CN=C(NCC1CCN(c2ccccc2OC)C1)NCC(c1ccco1)N1CCCC1. The lowest BCUT2D eigenvalue weighted by Crippen LogP contribution is -2.44. The standard InChI is InChI=1S/C24H35N5O2/c1-25-24(27-17-21(23-10-7-15-31-23)28-12-5-6-13-28)26-16-19-11-14-29(18-19)20-8-3-4-9-22(20)30-2/h3-4,7-10,15,19,21H,5-6,11-14,16-18H2,1-2H3,(H2,25,26,27). The summed E-state index contributed by atoms with van der Waals surface area (Å²) in [5.74, 6) is 3.39. The van der Waals surface area contributed by atoms with E-state index in [4.69, 9.17) is 9.15 Å². The smallest absolute Gasteiger partial charge is 0.191 e. The van der Waals surface area contributed by atoms with E-state index in [0.29, 0.717) is 5.92 Å². The summed E-state index contributed by atoms with van der Waals surface area (Å²) in [5, 5.41) is 7.06. The van der Waals surface area contributed by atoms with E-state index in [9.17, 15) is 0 Å². The van der Waals surface area contributed by atoms with Crippen LogP contribution in [0.3, 0.4) is 0 Å². The number of hydrogen-bond donors (Lipinski definition) is 2. The number of anilines is 1. The lowest BCUT2D eigenvalue weighted by Gasteiger charge is -2.27. The second kappa shape index (κ2) is 10.6. The Kier molecular flexibility index (Phi) is 7.35. The van der Waals surface area contributed by atoms with E-state index in [-0.39, 0.29) is 6.04 Å². The Morgan fingerprint density at radius 1 is 1.16 bits per heavy atom. The minimum Gasteiger partial charge on any atom is -0.495 e. The van der Waals surface area contributed by atoms with Crippen LogP contribution >= 0.6 is 0 Å². The van der Waals surface area contributed by atoms with Crippen molar-refractivity contribution in [3.05, 3.63) is 48.4 Å². The van der Waals surface area contributed by atoms with Gasteiger partial charge in [-0.25, -0.2) is 0 Å². The third-order valence-electron chi connectivity index (χ3n) is 6.41.